The summed E-state index contributed by atoms with van der Waals surface area (Å²) >= 11 is 1.82. The van der Waals surface area contributed by atoms with E-state index in [1.165, 1.54) is 32.8 Å². The number of rotatable bonds is 14. The fourth-order valence-electron chi connectivity index (χ4n) is 3.86. The molecule has 0 aliphatic heterocycles. The van der Waals surface area contributed by atoms with E-state index < -0.39 is 12.1 Å². The first kappa shape index (κ1) is 25.0. The van der Waals surface area contributed by atoms with Crippen molar-refractivity contribution in [3.05, 3.63) is 24.3 Å². The molecule has 0 spiro atoms. The number of ketones is 1. The number of aliphatic hydroxyl groups excluding tert-OH is 1. The lowest BCUT2D eigenvalue weighted by molar-refractivity contribution is -0.150. The fraction of sp³-hybridized carbons (Fsp3) is 0.739. The molecule has 4 nitrogen and oxygen atoms in total. The maximum Gasteiger partial charge on any atom is 0.334 e. The highest BCUT2D eigenvalue weighted by atomic mass is 32.2. The Morgan fingerprint density at radius 2 is 2.04 bits per heavy atom. The van der Waals surface area contributed by atoms with Crippen molar-refractivity contribution in [2.75, 3.05) is 19.1 Å². The van der Waals surface area contributed by atoms with Gasteiger partial charge >= 0.3 is 5.97 Å². The number of carbonyl (C=O) groups is 2. The van der Waals surface area contributed by atoms with Gasteiger partial charge in [0.25, 0.3) is 0 Å². The highest BCUT2D eigenvalue weighted by Crippen LogP contribution is 2.39. The molecule has 1 N–H and O–H groups in total. The van der Waals surface area contributed by atoms with Crippen LogP contribution in [-0.2, 0) is 14.3 Å². The number of hydrogen-bond donors (Lipinski definition) is 1. The first-order chi connectivity index (χ1) is 13.5. The van der Waals surface area contributed by atoms with Gasteiger partial charge in [-0.2, -0.15) is 11.8 Å². The van der Waals surface area contributed by atoms with E-state index in [2.05, 4.69) is 30.1 Å². The second-order valence-electron chi connectivity index (χ2n) is 7.67. The van der Waals surface area contributed by atoms with Gasteiger partial charge in [-0.3, -0.25) is 4.79 Å². The van der Waals surface area contributed by atoms with Crippen LogP contribution in [0, 0.1) is 17.8 Å². The minimum absolute atomic E-state index is 0.0609. The Morgan fingerprint density at radius 3 is 2.71 bits per heavy atom. The van der Waals surface area contributed by atoms with E-state index >= 15 is 0 Å². The molecule has 160 valence electrons. The van der Waals surface area contributed by atoms with Gasteiger partial charge < -0.3 is 9.84 Å². The Bertz CT molecular complexity index is 515. The molecule has 1 saturated carbocycles. The lowest BCUT2D eigenvalue weighted by Crippen LogP contribution is -2.21. The van der Waals surface area contributed by atoms with Crippen LogP contribution in [0.25, 0.3) is 0 Å². The van der Waals surface area contributed by atoms with Crippen molar-refractivity contribution in [2.24, 2.45) is 17.8 Å². The summed E-state index contributed by atoms with van der Waals surface area (Å²) in [4.78, 5) is 23.8. The third-order valence-electron chi connectivity index (χ3n) is 5.49. The molecule has 0 aromatic heterocycles. The van der Waals surface area contributed by atoms with Crippen LogP contribution in [0.5, 0.6) is 0 Å². The molecule has 0 aromatic carbocycles. The zero-order chi connectivity index (χ0) is 20.8. The average Bonchev–Trinajstić information content (AvgIpc) is 2.98. The number of Topliss-reactive ketones (excluding diaryl/α,β-unsaturated/α-hetero) is 1. The average molecular weight is 411 g/mol. The predicted octanol–water partition coefficient (Wildman–Crippen LogP) is 4.96. The van der Waals surface area contributed by atoms with E-state index in [0.717, 1.165) is 18.6 Å². The molecule has 28 heavy (non-hydrogen) atoms. The predicted molar refractivity (Wildman–Crippen MR) is 117 cm³/mol. The van der Waals surface area contributed by atoms with Crippen LogP contribution in [-0.4, -0.2) is 42.1 Å². The molecule has 1 aliphatic carbocycles. The minimum atomic E-state index is -1.07. The van der Waals surface area contributed by atoms with Gasteiger partial charge in [0, 0.05) is 12.3 Å². The number of thioether (sulfide) groups is 1. The highest BCUT2D eigenvalue weighted by molar-refractivity contribution is 7.98. The monoisotopic (exact) mass is 410 g/mol. The summed E-state index contributed by atoms with van der Waals surface area (Å²) in [6.45, 7) is 2.22. The maximum atomic E-state index is 12.6. The van der Waals surface area contributed by atoms with Crippen molar-refractivity contribution in [2.45, 2.75) is 70.8 Å². The molecule has 4 atom stereocenters. The van der Waals surface area contributed by atoms with E-state index in [0.29, 0.717) is 36.9 Å². The van der Waals surface area contributed by atoms with Gasteiger partial charge in [-0.25, -0.2) is 4.79 Å². The zero-order valence-corrected chi connectivity index (χ0v) is 18.6. The van der Waals surface area contributed by atoms with Crippen molar-refractivity contribution in [1.29, 1.82) is 0 Å². The van der Waals surface area contributed by atoms with Gasteiger partial charge in [-0.05, 0) is 55.9 Å². The van der Waals surface area contributed by atoms with E-state index in [1.807, 2.05) is 23.9 Å². The third-order valence-corrected chi connectivity index (χ3v) is 6.25. The van der Waals surface area contributed by atoms with Crippen LogP contribution in [0.2, 0.25) is 0 Å². The first-order valence-corrected chi connectivity index (χ1v) is 12.0. The van der Waals surface area contributed by atoms with Crippen LogP contribution < -0.4 is 0 Å². The highest BCUT2D eigenvalue weighted by Gasteiger charge is 2.39. The summed E-state index contributed by atoms with van der Waals surface area (Å²) in [5.41, 5.74) is 0. The lowest BCUT2D eigenvalue weighted by atomic mass is 9.87. The molecule has 0 amide bonds. The molecule has 0 saturated heterocycles. The topological polar surface area (TPSA) is 63.6 Å². The number of methoxy groups -OCH3 is 1. The molecular weight excluding hydrogens is 372 g/mol. The number of ether oxygens (including phenoxy) is 1. The molecule has 0 heterocycles. The number of esters is 1. The van der Waals surface area contributed by atoms with Gasteiger partial charge in [0.1, 0.15) is 5.78 Å². The Labute approximate surface area is 175 Å². The molecule has 1 aliphatic rings. The van der Waals surface area contributed by atoms with Crippen molar-refractivity contribution >= 4 is 23.5 Å². The van der Waals surface area contributed by atoms with Gasteiger partial charge in [-0.1, -0.05) is 50.5 Å². The summed E-state index contributed by atoms with van der Waals surface area (Å²) in [6, 6.07) is 0. The molecule has 1 unspecified atom stereocenters. The Morgan fingerprint density at radius 1 is 1.25 bits per heavy atom. The third kappa shape index (κ3) is 8.95. The van der Waals surface area contributed by atoms with Gasteiger partial charge in [0.05, 0.1) is 7.11 Å². The Kier molecular flexibility index (Phi) is 13.3. The molecule has 5 heteroatoms. The Hall–Kier alpha value is -1.07. The molecular formula is C23H38O4S. The van der Waals surface area contributed by atoms with E-state index in [-0.39, 0.29) is 5.92 Å². The molecule has 1 rings (SSSR count). The largest absolute Gasteiger partial charge is 0.467 e. The van der Waals surface area contributed by atoms with Crippen LogP contribution in [0.3, 0.4) is 0 Å². The SMILES string of the molecule is CCCCCC/C=C/[C@H]1[C@H](CSC)CC(=O)[C@@H]1C/C=C\CCC(O)C(=O)OC. The standard InChI is InChI=1S/C23H38O4S/c1-4-5-6-7-8-10-13-19-18(17-28-3)16-22(25)20(19)14-11-9-12-15-21(24)23(26)27-2/h9-11,13,18-21,24H,4-8,12,14-17H2,1-3H3/b11-9-,13-10+/t18-,19-,20+,21?/m0/s1. The van der Waals surface area contributed by atoms with Crippen LogP contribution >= 0.6 is 11.8 Å². The minimum Gasteiger partial charge on any atom is -0.467 e. The first-order valence-electron chi connectivity index (χ1n) is 10.6. The zero-order valence-electron chi connectivity index (χ0n) is 17.8. The molecule has 0 radical (unpaired) electrons. The summed E-state index contributed by atoms with van der Waals surface area (Å²) in [5, 5.41) is 9.61. The quantitative estimate of drug-likeness (QED) is 0.249. The molecule has 1 fully saturated rings. The van der Waals surface area contributed by atoms with Crippen molar-refractivity contribution in [3.8, 4) is 0 Å². The second kappa shape index (κ2) is 14.9. The van der Waals surface area contributed by atoms with Crippen LogP contribution in [0.4, 0.5) is 0 Å². The van der Waals surface area contributed by atoms with Crippen molar-refractivity contribution in [1.82, 2.24) is 0 Å². The second-order valence-corrected chi connectivity index (χ2v) is 8.58. The number of allylic oxidation sites excluding steroid dienone is 4. The maximum absolute atomic E-state index is 12.6. The molecule has 0 aromatic rings. The van der Waals surface area contributed by atoms with E-state index in [4.69, 9.17) is 0 Å². The van der Waals surface area contributed by atoms with Crippen LogP contribution in [0.1, 0.15) is 64.7 Å². The number of aliphatic hydroxyl groups is 1. The summed E-state index contributed by atoms with van der Waals surface area (Å²) in [5.74, 6) is 1.64. The van der Waals surface area contributed by atoms with E-state index in [9.17, 15) is 14.7 Å². The lowest BCUT2D eigenvalue weighted by Gasteiger charge is -2.19. The summed E-state index contributed by atoms with van der Waals surface area (Å²) < 4.78 is 4.51. The van der Waals surface area contributed by atoms with E-state index in [1.54, 1.807) is 0 Å². The Balaban J connectivity index is 2.54. The smallest absolute Gasteiger partial charge is 0.334 e. The molecule has 0 bridgehead atoms. The van der Waals surface area contributed by atoms with Gasteiger partial charge in [0.15, 0.2) is 6.10 Å². The number of unbranched alkanes of at least 4 members (excludes halogenated alkanes) is 4. The van der Waals surface area contributed by atoms with Crippen molar-refractivity contribution < 1.29 is 19.4 Å². The van der Waals surface area contributed by atoms with Gasteiger partial charge in [-0.15, -0.1) is 0 Å². The van der Waals surface area contributed by atoms with Gasteiger partial charge in [0.2, 0.25) is 0 Å². The number of hydrogen-bond acceptors (Lipinski definition) is 5. The van der Waals surface area contributed by atoms with Crippen molar-refractivity contribution in [3.63, 3.8) is 0 Å². The van der Waals surface area contributed by atoms with Crippen LogP contribution in [0.15, 0.2) is 24.3 Å². The normalized spacial score (nSPS) is 23.7. The summed E-state index contributed by atoms with van der Waals surface area (Å²) in [7, 11) is 1.27. The summed E-state index contributed by atoms with van der Waals surface area (Å²) in [6.07, 6.45) is 18.2. The number of carbonyl (C=O) groups excluding carboxylic acids is 2. The fourth-order valence-corrected chi connectivity index (χ4v) is 4.63.